The minimum absolute atomic E-state index is 0.177. The molecule has 0 saturated carbocycles. The fraction of sp³-hybridized carbons (Fsp3) is 0.250. The van der Waals surface area contributed by atoms with Crippen LogP contribution >= 0.6 is 0 Å². The van der Waals surface area contributed by atoms with Crippen LogP contribution < -0.4 is 5.32 Å². The zero-order valence-corrected chi connectivity index (χ0v) is 15.5. The second-order valence-corrected chi connectivity index (χ2v) is 6.59. The Morgan fingerprint density at radius 2 is 2.07 bits per heavy atom. The van der Waals surface area contributed by atoms with Gasteiger partial charge in [-0.15, -0.1) is 0 Å². The van der Waals surface area contributed by atoms with Gasteiger partial charge in [-0.3, -0.25) is 13.9 Å². The number of carbonyl (C=O) groups excluding carboxylic acids is 1. The lowest BCUT2D eigenvalue weighted by Gasteiger charge is -2.18. The Kier molecular flexibility index (Phi) is 4.27. The molecular formula is C20H21N5O2. The lowest BCUT2D eigenvalue weighted by Crippen LogP contribution is -2.33. The van der Waals surface area contributed by atoms with E-state index >= 15 is 0 Å². The quantitative estimate of drug-likeness (QED) is 0.591. The lowest BCUT2D eigenvalue weighted by atomic mass is 10.2. The van der Waals surface area contributed by atoms with Crippen LogP contribution in [-0.2, 0) is 0 Å². The van der Waals surface area contributed by atoms with Gasteiger partial charge < -0.3 is 9.73 Å². The number of hydrogen-bond acceptors (Lipinski definition) is 4. The fourth-order valence-electron chi connectivity index (χ4n) is 3.41. The summed E-state index contributed by atoms with van der Waals surface area (Å²) in [6.45, 7) is 6.14. The van der Waals surface area contributed by atoms with Crippen molar-refractivity contribution >= 4 is 11.6 Å². The SMILES string of the molecule is Cc1cc(C)n(C(CNC(=O)c2c(C)nc3ccccn23)c2ccco2)n1. The van der Waals surface area contributed by atoms with E-state index in [0.717, 1.165) is 22.8 Å². The number of rotatable bonds is 5. The number of nitrogens with one attached hydrogen (secondary N) is 1. The number of pyridine rings is 1. The van der Waals surface area contributed by atoms with Crippen molar-refractivity contribution in [2.45, 2.75) is 26.8 Å². The van der Waals surface area contributed by atoms with Crippen LogP contribution in [0.15, 0.2) is 53.3 Å². The second-order valence-electron chi connectivity index (χ2n) is 6.59. The summed E-state index contributed by atoms with van der Waals surface area (Å²) in [5.41, 5.74) is 3.92. The van der Waals surface area contributed by atoms with Crippen LogP contribution in [0.3, 0.4) is 0 Å². The van der Waals surface area contributed by atoms with Crippen molar-refractivity contribution in [2.24, 2.45) is 0 Å². The summed E-state index contributed by atoms with van der Waals surface area (Å²) in [6, 6.07) is 11.2. The highest BCUT2D eigenvalue weighted by molar-refractivity contribution is 5.94. The van der Waals surface area contributed by atoms with Crippen LogP contribution in [0.5, 0.6) is 0 Å². The normalized spacial score (nSPS) is 12.4. The van der Waals surface area contributed by atoms with Crippen molar-refractivity contribution in [1.82, 2.24) is 24.5 Å². The summed E-state index contributed by atoms with van der Waals surface area (Å²) in [5.74, 6) is 0.570. The van der Waals surface area contributed by atoms with Crippen molar-refractivity contribution in [3.05, 3.63) is 77.4 Å². The lowest BCUT2D eigenvalue weighted by molar-refractivity contribution is 0.0941. The number of aromatic nitrogens is 4. The maximum atomic E-state index is 12.9. The zero-order chi connectivity index (χ0) is 19.0. The van der Waals surface area contributed by atoms with Gasteiger partial charge in [0.05, 0.1) is 17.7 Å². The van der Waals surface area contributed by atoms with Gasteiger partial charge in [0.2, 0.25) is 0 Å². The molecule has 1 N–H and O–H groups in total. The Bertz CT molecular complexity index is 1090. The second kappa shape index (κ2) is 6.75. The summed E-state index contributed by atoms with van der Waals surface area (Å²) in [4.78, 5) is 17.4. The Balaban J connectivity index is 1.62. The van der Waals surface area contributed by atoms with Gasteiger partial charge in [0, 0.05) is 18.4 Å². The predicted molar refractivity (Wildman–Crippen MR) is 101 cm³/mol. The van der Waals surface area contributed by atoms with Gasteiger partial charge in [-0.05, 0) is 51.1 Å². The minimum Gasteiger partial charge on any atom is -0.467 e. The minimum atomic E-state index is -0.225. The molecule has 4 heterocycles. The molecule has 7 heteroatoms. The van der Waals surface area contributed by atoms with Crippen LogP contribution in [-0.4, -0.2) is 31.6 Å². The molecule has 7 nitrogen and oxygen atoms in total. The molecule has 1 unspecified atom stereocenters. The van der Waals surface area contributed by atoms with E-state index < -0.39 is 0 Å². The molecule has 0 spiro atoms. The van der Waals surface area contributed by atoms with Crippen LogP contribution in [0.4, 0.5) is 0 Å². The number of imidazole rings is 1. The highest BCUT2D eigenvalue weighted by atomic mass is 16.3. The topological polar surface area (TPSA) is 77.4 Å². The molecule has 4 aromatic heterocycles. The van der Waals surface area contributed by atoms with Crippen molar-refractivity contribution in [3.63, 3.8) is 0 Å². The van der Waals surface area contributed by atoms with E-state index in [1.807, 2.05) is 68.0 Å². The smallest absolute Gasteiger partial charge is 0.270 e. The van der Waals surface area contributed by atoms with E-state index in [1.54, 1.807) is 10.7 Å². The van der Waals surface area contributed by atoms with Crippen LogP contribution in [0.25, 0.3) is 5.65 Å². The number of carbonyl (C=O) groups is 1. The van der Waals surface area contributed by atoms with Gasteiger partial charge in [-0.1, -0.05) is 6.07 Å². The summed E-state index contributed by atoms with van der Waals surface area (Å²) in [6.07, 6.45) is 3.47. The zero-order valence-electron chi connectivity index (χ0n) is 15.5. The average molecular weight is 363 g/mol. The summed E-state index contributed by atoms with van der Waals surface area (Å²) >= 11 is 0. The molecule has 27 heavy (non-hydrogen) atoms. The van der Waals surface area contributed by atoms with E-state index in [9.17, 15) is 4.79 Å². The van der Waals surface area contributed by atoms with E-state index in [0.29, 0.717) is 17.9 Å². The maximum Gasteiger partial charge on any atom is 0.270 e. The van der Waals surface area contributed by atoms with Crippen molar-refractivity contribution < 1.29 is 9.21 Å². The van der Waals surface area contributed by atoms with E-state index in [-0.39, 0.29) is 11.9 Å². The van der Waals surface area contributed by atoms with E-state index in [2.05, 4.69) is 15.4 Å². The van der Waals surface area contributed by atoms with Crippen molar-refractivity contribution in [1.29, 1.82) is 0 Å². The molecule has 4 aromatic rings. The number of amides is 1. The van der Waals surface area contributed by atoms with Gasteiger partial charge in [0.15, 0.2) is 0 Å². The molecule has 0 aliphatic heterocycles. The molecule has 0 aromatic carbocycles. The Morgan fingerprint density at radius 1 is 1.22 bits per heavy atom. The molecule has 0 bridgehead atoms. The molecule has 0 aliphatic rings. The maximum absolute atomic E-state index is 12.9. The number of fused-ring (bicyclic) bond motifs is 1. The average Bonchev–Trinajstić information content (AvgIpc) is 3.34. The summed E-state index contributed by atoms with van der Waals surface area (Å²) in [5, 5.41) is 7.58. The van der Waals surface area contributed by atoms with Gasteiger partial charge in [-0.25, -0.2) is 4.98 Å². The first-order valence-electron chi connectivity index (χ1n) is 8.82. The highest BCUT2D eigenvalue weighted by Gasteiger charge is 2.23. The molecule has 0 saturated heterocycles. The third-order valence-corrected chi connectivity index (χ3v) is 4.59. The largest absolute Gasteiger partial charge is 0.467 e. The van der Waals surface area contributed by atoms with Crippen LogP contribution in [0, 0.1) is 20.8 Å². The Labute approximate surface area is 156 Å². The Morgan fingerprint density at radius 3 is 2.78 bits per heavy atom. The van der Waals surface area contributed by atoms with Crippen molar-refractivity contribution in [3.8, 4) is 0 Å². The first-order chi connectivity index (χ1) is 13.0. The number of nitrogens with zero attached hydrogens (tertiary/aromatic N) is 4. The number of hydrogen-bond donors (Lipinski definition) is 1. The monoisotopic (exact) mass is 363 g/mol. The molecule has 138 valence electrons. The first-order valence-corrected chi connectivity index (χ1v) is 8.82. The molecule has 0 radical (unpaired) electrons. The molecule has 0 fully saturated rings. The first kappa shape index (κ1) is 17.1. The fourth-order valence-corrected chi connectivity index (χ4v) is 3.41. The Hall–Kier alpha value is -3.35. The van der Waals surface area contributed by atoms with Crippen LogP contribution in [0.1, 0.15) is 39.4 Å². The number of aryl methyl sites for hydroxylation is 3. The van der Waals surface area contributed by atoms with Crippen molar-refractivity contribution in [2.75, 3.05) is 6.54 Å². The standard InChI is InChI=1S/C20H21N5O2/c1-13-11-14(2)25(23-13)16(17-7-6-10-27-17)12-21-20(26)19-15(3)22-18-8-4-5-9-24(18)19/h4-11,16H,12H2,1-3H3,(H,21,26). The van der Waals surface area contributed by atoms with Gasteiger partial charge in [0.25, 0.3) is 5.91 Å². The van der Waals surface area contributed by atoms with Gasteiger partial charge >= 0.3 is 0 Å². The van der Waals surface area contributed by atoms with Gasteiger partial charge in [0.1, 0.15) is 23.1 Å². The van der Waals surface area contributed by atoms with E-state index in [1.165, 1.54) is 0 Å². The molecule has 4 rings (SSSR count). The third kappa shape index (κ3) is 3.12. The summed E-state index contributed by atoms with van der Waals surface area (Å²) < 4.78 is 9.29. The molecule has 0 aliphatic carbocycles. The van der Waals surface area contributed by atoms with Gasteiger partial charge in [-0.2, -0.15) is 5.10 Å². The molecular weight excluding hydrogens is 342 g/mol. The highest BCUT2D eigenvalue weighted by Crippen LogP contribution is 2.21. The molecule has 1 amide bonds. The van der Waals surface area contributed by atoms with E-state index in [4.69, 9.17) is 4.42 Å². The predicted octanol–water partition coefficient (Wildman–Crippen LogP) is 3.07. The van der Waals surface area contributed by atoms with Crippen LogP contribution in [0.2, 0.25) is 0 Å². The number of furan rings is 1. The molecule has 1 atom stereocenters. The summed E-state index contributed by atoms with van der Waals surface area (Å²) in [7, 11) is 0. The third-order valence-electron chi connectivity index (χ3n) is 4.59.